The number of fused-ring (bicyclic) bond motifs is 1. The number of amides is 1. The average molecular weight is 527 g/mol. The molecule has 0 spiro atoms. The van der Waals surface area contributed by atoms with E-state index in [2.05, 4.69) is 21.2 Å². The first-order chi connectivity index (χ1) is 15.8. The average Bonchev–Trinajstić information content (AvgIpc) is 2.81. The Morgan fingerprint density at radius 2 is 1.76 bits per heavy atom. The van der Waals surface area contributed by atoms with Gasteiger partial charge >= 0.3 is 6.09 Å². The van der Waals surface area contributed by atoms with Crippen molar-refractivity contribution in [2.75, 3.05) is 5.32 Å². The summed E-state index contributed by atoms with van der Waals surface area (Å²) in [5.74, 6) is 0.506. The fourth-order valence-corrected chi connectivity index (χ4v) is 4.16. The summed E-state index contributed by atoms with van der Waals surface area (Å²) in [5, 5.41) is 3.70. The highest BCUT2D eigenvalue weighted by molar-refractivity contribution is 9.10. The molecule has 0 aliphatic carbocycles. The van der Waals surface area contributed by atoms with E-state index in [4.69, 9.17) is 20.8 Å². The zero-order valence-electron chi connectivity index (χ0n) is 18.0. The van der Waals surface area contributed by atoms with E-state index < -0.39 is 6.09 Å². The van der Waals surface area contributed by atoms with Gasteiger partial charge in [-0.2, -0.15) is 0 Å². The number of carbonyl (C=O) groups is 1. The maximum absolute atomic E-state index is 13.5. The summed E-state index contributed by atoms with van der Waals surface area (Å²) in [4.78, 5) is 25.8. The Morgan fingerprint density at radius 3 is 2.42 bits per heavy atom. The highest BCUT2D eigenvalue weighted by Crippen LogP contribution is 2.36. The summed E-state index contributed by atoms with van der Waals surface area (Å²) >= 11 is 9.51. The Balaban J connectivity index is 1.70. The van der Waals surface area contributed by atoms with Gasteiger partial charge in [0.25, 0.3) is 0 Å². The third-order valence-electron chi connectivity index (χ3n) is 5.13. The van der Waals surface area contributed by atoms with Gasteiger partial charge in [-0.15, -0.1) is 0 Å². The largest absolute Gasteiger partial charge is 0.459 e. The molecule has 0 fully saturated rings. The Kier molecular flexibility index (Phi) is 6.86. The van der Waals surface area contributed by atoms with Crippen LogP contribution in [0.15, 0.2) is 80.4 Å². The van der Waals surface area contributed by atoms with Gasteiger partial charge in [0, 0.05) is 10.9 Å². The molecule has 0 saturated heterocycles. The number of carbonyl (C=O) groups excluding carboxylic acids is 1. The van der Waals surface area contributed by atoms with Crippen LogP contribution in [0.4, 0.5) is 10.5 Å². The second-order valence-electron chi connectivity index (χ2n) is 7.82. The van der Waals surface area contributed by atoms with Crippen LogP contribution >= 0.6 is 27.5 Å². The van der Waals surface area contributed by atoms with Crippen LogP contribution in [-0.2, 0) is 11.3 Å². The second-order valence-corrected chi connectivity index (χ2v) is 9.05. The van der Waals surface area contributed by atoms with Crippen molar-refractivity contribution in [3.05, 3.63) is 97.8 Å². The fourth-order valence-electron chi connectivity index (χ4n) is 3.50. The summed E-state index contributed by atoms with van der Waals surface area (Å²) in [5.41, 5.74) is 2.78. The number of nitrogens with one attached hydrogen (secondary N) is 1. The van der Waals surface area contributed by atoms with E-state index in [1.165, 1.54) is 0 Å². The smallest absolute Gasteiger partial charge is 0.411 e. The molecule has 0 radical (unpaired) electrons. The van der Waals surface area contributed by atoms with Crippen LogP contribution in [0, 0.1) is 0 Å². The van der Waals surface area contributed by atoms with Gasteiger partial charge in [-0.1, -0.05) is 67.9 Å². The van der Waals surface area contributed by atoms with E-state index in [1.54, 1.807) is 36.4 Å². The lowest BCUT2D eigenvalue weighted by Gasteiger charge is -2.15. The lowest BCUT2D eigenvalue weighted by molar-refractivity contribution is 0.155. The van der Waals surface area contributed by atoms with Crippen LogP contribution in [0.5, 0.6) is 0 Å². The highest BCUT2D eigenvalue weighted by Gasteiger charge is 2.21. The lowest BCUT2D eigenvalue weighted by atomic mass is 9.97. The van der Waals surface area contributed by atoms with Crippen molar-refractivity contribution in [1.82, 2.24) is 0 Å². The van der Waals surface area contributed by atoms with Crippen LogP contribution in [0.2, 0.25) is 5.02 Å². The van der Waals surface area contributed by atoms with Crippen LogP contribution in [-0.4, -0.2) is 6.09 Å². The predicted molar refractivity (Wildman–Crippen MR) is 135 cm³/mol. The minimum absolute atomic E-state index is 0.0490. The highest BCUT2D eigenvalue weighted by atomic mass is 79.9. The van der Waals surface area contributed by atoms with Crippen LogP contribution in [0.3, 0.4) is 0 Å². The summed E-state index contributed by atoms with van der Waals surface area (Å²) < 4.78 is 12.0. The molecule has 7 heteroatoms. The predicted octanol–water partition coefficient (Wildman–Crippen LogP) is 7.75. The standard InChI is InChI=1S/C26H21BrClNO4/c1-15(2)24-21(17-8-10-18(28)11-9-17)23(30)19-12-13-20(22(27)25(19)33-24)29-26(31)32-14-16-6-4-3-5-7-16/h3-13,15H,14H2,1-2H3,(H,29,31). The van der Waals surface area contributed by atoms with Crippen molar-refractivity contribution >= 4 is 50.3 Å². The van der Waals surface area contributed by atoms with Crippen LogP contribution < -0.4 is 10.7 Å². The van der Waals surface area contributed by atoms with E-state index >= 15 is 0 Å². The quantitative estimate of drug-likeness (QED) is 0.289. The monoisotopic (exact) mass is 525 g/mol. The number of ether oxygens (including phenoxy) is 1. The summed E-state index contributed by atoms with van der Waals surface area (Å²) in [6.45, 7) is 4.07. The lowest BCUT2D eigenvalue weighted by Crippen LogP contribution is -2.15. The molecule has 4 aromatic rings. The van der Waals surface area contributed by atoms with Crippen molar-refractivity contribution in [3.8, 4) is 11.1 Å². The van der Waals surface area contributed by atoms with Crippen molar-refractivity contribution < 1.29 is 13.9 Å². The van der Waals surface area contributed by atoms with Gasteiger partial charge in [0.15, 0.2) is 5.58 Å². The van der Waals surface area contributed by atoms with E-state index in [9.17, 15) is 9.59 Å². The minimum atomic E-state index is -0.608. The van der Waals surface area contributed by atoms with Gasteiger partial charge < -0.3 is 9.15 Å². The molecule has 4 rings (SSSR count). The molecule has 1 aromatic heterocycles. The Morgan fingerprint density at radius 1 is 1.06 bits per heavy atom. The summed E-state index contributed by atoms with van der Waals surface area (Å²) in [7, 11) is 0. The number of hydrogen-bond donors (Lipinski definition) is 1. The van der Waals surface area contributed by atoms with Gasteiger partial charge in [-0.25, -0.2) is 4.79 Å². The molecule has 0 bridgehead atoms. The number of hydrogen-bond acceptors (Lipinski definition) is 4. The minimum Gasteiger partial charge on any atom is -0.459 e. The Labute approximate surface area is 204 Å². The SMILES string of the molecule is CC(C)c1oc2c(Br)c(NC(=O)OCc3ccccc3)ccc2c(=O)c1-c1ccc(Cl)cc1. The van der Waals surface area contributed by atoms with Crippen molar-refractivity contribution in [1.29, 1.82) is 0 Å². The summed E-state index contributed by atoms with van der Waals surface area (Å²) in [6.07, 6.45) is -0.608. The maximum Gasteiger partial charge on any atom is 0.411 e. The molecule has 0 saturated carbocycles. The molecule has 0 atom stereocenters. The number of anilines is 1. The molecule has 168 valence electrons. The first kappa shape index (κ1) is 23.1. The number of benzene rings is 3. The molecule has 1 amide bonds. The topological polar surface area (TPSA) is 68.5 Å². The Bertz CT molecular complexity index is 1370. The molecule has 1 N–H and O–H groups in total. The van der Waals surface area contributed by atoms with Gasteiger partial charge in [0.1, 0.15) is 12.4 Å². The van der Waals surface area contributed by atoms with Crippen molar-refractivity contribution in [2.24, 2.45) is 0 Å². The molecule has 33 heavy (non-hydrogen) atoms. The fraction of sp³-hybridized carbons (Fsp3) is 0.154. The van der Waals surface area contributed by atoms with Gasteiger partial charge in [-0.05, 0) is 51.3 Å². The molecule has 5 nitrogen and oxygen atoms in total. The zero-order valence-corrected chi connectivity index (χ0v) is 20.4. The third kappa shape index (κ3) is 4.97. The van der Waals surface area contributed by atoms with Crippen LogP contribution in [0.1, 0.15) is 31.1 Å². The molecular formula is C26H21BrClNO4. The second kappa shape index (κ2) is 9.81. The van der Waals surface area contributed by atoms with Crippen molar-refractivity contribution in [2.45, 2.75) is 26.4 Å². The van der Waals surface area contributed by atoms with Crippen LogP contribution in [0.25, 0.3) is 22.1 Å². The molecule has 0 unspecified atom stereocenters. The molecule has 0 aliphatic rings. The number of rotatable bonds is 5. The molecule has 0 aliphatic heterocycles. The molecular weight excluding hydrogens is 506 g/mol. The van der Waals surface area contributed by atoms with Gasteiger partial charge in [0.2, 0.25) is 5.43 Å². The Hall–Kier alpha value is -3.09. The first-order valence-electron chi connectivity index (χ1n) is 10.4. The van der Waals surface area contributed by atoms with E-state index in [0.717, 1.165) is 11.1 Å². The zero-order chi connectivity index (χ0) is 23.5. The summed E-state index contributed by atoms with van der Waals surface area (Å²) in [6, 6.07) is 19.8. The van der Waals surface area contributed by atoms with Gasteiger partial charge in [0.05, 0.1) is 21.1 Å². The first-order valence-corrected chi connectivity index (χ1v) is 11.5. The van der Waals surface area contributed by atoms with E-state index in [0.29, 0.717) is 37.5 Å². The normalized spacial score (nSPS) is 11.1. The number of halogens is 2. The maximum atomic E-state index is 13.5. The third-order valence-corrected chi connectivity index (χ3v) is 6.17. The molecule has 1 heterocycles. The van der Waals surface area contributed by atoms with E-state index in [1.807, 2.05) is 44.2 Å². The van der Waals surface area contributed by atoms with Gasteiger partial charge in [-0.3, -0.25) is 10.1 Å². The molecule has 3 aromatic carbocycles. The van der Waals surface area contributed by atoms with E-state index in [-0.39, 0.29) is 18.0 Å². The van der Waals surface area contributed by atoms with Crippen molar-refractivity contribution in [3.63, 3.8) is 0 Å².